The summed E-state index contributed by atoms with van der Waals surface area (Å²) >= 11 is 3.35. The Kier molecular flexibility index (Phi) is 4.12. The minimum atomic E-state index is -0.668. The maximum Gasteiger partial charge on any atom is 0.0976 e. The number of aliphatic hydroxyl groups excluding tert-OH is 1. The lowest BCUT2D eigenvalue weighted by atomic mass is 9.79. The predicted octanol–water partition coefficient (Wildman–Crippen LogP) is 3.46. The van der Waals surface area contributed by atoms with E-state index >= 15 is 0 Å². The van der Waals surface area contributed by atoms with E-state index in [0.29, 0.717) is 0 Å². The number of nitrogens with zero attached hydrogens (tertiary/aromatic N) is 1. The van der Waals surface area contributed by atoms with Crippen LogP contribution in [0.1, 0.15) is 32.3 Å². The molecule has 1 N–H and O–H groups in total. The molecule has 0 aliphatic heterocycles. The molecule has 0 saturated carbocycles. The van der Waals surface area contributed by atoms with Gasteiger partial charge in [-0.1, -0.05) is 48.8 Å². The molecule has 0 aromatic heterocycles. The highest BCUT2D eigenvalue weighted by molar-refractivity contribution is 9.10. The highest BCUT2D eigenvalue weighted by atomic mass is 79.9. The van der Waals surface area contributed by atoms with Gasteiger partial charge in [-0.2, -0.15) is 5.26 Å². The van der Waals surface area contributed by atoms with Gasteiger partial charge in [0.05, 0.1) is 18.1 Å². The second-order valence-corrected chi connectivity index (χ2v) is 5.88. The molecule has 0 heterocycles. The Hall–Kier alpha value is -0.850. The third kappa shape index (κ3) is 3.07. The molecule has 86 valence electrons. The number of hydrogen-bond donors (Lipinski definition) is 1. The van der Waals surface area contributed by atoms with Crippen LogP contribution in [0.5, 0.6) is 0 Å². The van der Waals surface area contributed by atoms with Crippen molar-refractivity contribution < 1.29 is 5.11 Å². The Morgan fingerprint density at radius 3 is 2.12 bits per heavy atom. The van der Waals surface area contributed by atoms with Crippen molar-refractivity contribution in [2.24, 2.45) is 5.41 Å². The molecule has 3 heteroatoms. The quantitative estimate of drug-likeness (QED) is 0.902. The van der Waals surface area contributed by atoms with E-state index in [-0.39, 0.29) is 5.41 Å². The van der Waals surface area contributed by atoms with Crippen molar-refractivity contribution in [3.05, 3.63) is 34.3 Å². The Morgan fingerprint density at radius 2 is 1.75 bits per heavy atom. The standard InChI is InChI=1S/C13H16BrNO/c1-13(2,3)12(16)11(8-15)9-4-6-10(14)7-5-9/h4-7,11-12,16H,1-3H3. The van der Waals surface area contributed by atoms with Crippen LogP contribution in [0.15, 0.2) is 28.7 Å². The van der Waals surface area contributed by atoms with Crippen molar-refractivity contribution in [3.8, 4) is 6.07 Å². The molecule has 1 aromatic rings. The van der Waals surface area contributed by atoms with Gasteiger partial charge in [-0.3, -0.25) is 0 Å². The molecule has 0 bridgehead atoms. The first-order chi connectivity index (χ1) is 7.36. The average molecular weight is 282 g/mol. The van der Waals surface area contributed by atoms with Crippen molar-refractivity contribution in [3.63, 3.8) is 0 Å². The molecule has 0 aliphatic carbocycles. The highest BCUT2D eigenvalue weighted by Crippen LogP contribution is 2.31. The van der Waals surface area contributed by atoms with Crippen molar-refractivity contribution in [2.45, 2.75) is 32.8 Å². The smallest absolute Gasteiger partial charge is 0.0976 e. The van der Waals surface area contributed by atoms with Gasteiger partial charge in [-0.25, -0.2) is 0 Å². The summed E-state index contributed by atoms with van der Waals surface area (Å²) in [5, 5.41) is 19.3. The third-order valence-electron chi connectivity index (χ3n) is 2.57. The minimum absolute atomic E-state index is 0.298. The molecule has 2 atom stereocenters. The Morgan fingerprint density at radius 1 is 1.25 bits per heavy atom. The fourth-order valence-corrected chi connectivity index (χ4v) is 1.76. The molecule has 1 aromatic carbocycles. The molecule has 2 unspecified atom stereocenters. The van der Waals surface area contributed by atoms with Crippen LogP contribution in [0, 0.1) is 16.7 Å². The number of hydrogen-bond acceptors (Lipinski definition) is 2. The van der Waals surface area contributed by atoms with Gasteiger partial charge in [-0.15, -0.1) is 0 Å². The molecular formula is C13H16BrNO. The second kappa shape index (κ2) is 4.99. The monoisotopic (exact) mass is 281 g/mol. The minimum Gasteiger partial charge on any atom is -0.391 e. The van der Waals surface area contributed by atoms with E-state index in [9.17, 15) is 5.11 Å². The Balaban J connectivity index is 3.00. The largest absolute Gasteiger partial charge is 0.391 e. The van der Waals surface area contributed by atoms with Crippen LogP contribution in [0.2, 0.25) is 0 Å². The SMILES string of the molecule is CC(C)(C)C(O)C(C#N)c1ccc(Br)cc1. The topological polar surface area (TPSA) is 44.0 Å². The van der Waals surface area contributed by atoms with E-state index in [2.05, 4.69) is 22.0 Å². The summed E-state index contributed by atoms with van der Waals surface area (Å²) in [6.07, 6.45) is -0.668. The van der Waals surface area contributed by atoms with Gasteiger partial charge < -0.3 is 5.11 Å². The summed E-state index contributed by atoms with van der Waals surface area (Å²) < 4.78 is 0.971. The lowest BCUT2D eigenvalue weighted by molar-refractivity contribution is 0.0527. The van der Waals surface area contributed by atoms with Crippen LogP contribution in [0.25, 0.3) is 0 Å². The number of aliphatic hydroxyl groups is 1. The van der Waals surface area contributed by atoms with Crippen LogP contribution in [-0.4, -0.2) is 11.2 Å². The van der Waals surface area contributed by atoms with E-state index in [0.717, 1.165) is 10.0 Å². The van der Waals surface area contributed by atoms with Gasteiger partial charge in [0.15, 0.2) is 0 Å². The van der Waals surface area contributed by atoms with E-state index in [1.54, 1.807) is 0 Å². The van der Waals surface area contributed by atoms with Crippen LogP contribution >= 0.6 is 15.9 Å². The van der Waals surface area contributed by atoms with Crippen molar-refractivity contribution in [1.82, 2.24) is 0 Å². The van der Waals surface area contributed by atoms with Crippen molar-refractivity contribution >= 4 is 15.9 Å². The lowest BCUT2D eigenvalue weighted by Crippen LogP contribution is -2.31. The second-order valence-electron chi connectivity index (χ2n) is 4.97. The Labute approximate surface area is 105 Å². The number of rotatable bonds is 2. The first-order valence-electron chi connectivity index (χ1n) is 5.19. The molecular weight excluding hydrogens is 266 g/mol. The normalized spacial score (nSPS) is 15.2. The van der Waals surface area contributed by atoms with E-state index in [1.807, 2.05) is 45.0 Å². The fourth-order valence-electron chi connectivity index (χ4n) is 1.50. The van der Waals surface area contributed by atoms with Crippen LogP contribution in [-0.2, 0) is 0 Å². The van der Waals surface area contributed by atoms with E-state index < -0.39 is 12.0 Å². The maximum absolute atomic E-state index is 10.1. The zero-order chi connectivity index (χ0) is 12.3. The molecule has 0 amide bonds. The summed E-state index contributed by atoms with van der Waals surface area (Å²) in [4.78, 5) is 0. The highest BCUT2D eigenvalue weighted by Gasteiger charge is 2.31. The van der Waals surface area contributed by atoms with Gasteiger partial charge in [0.2, 0.25) is 0 Å². The van der Waals surface area contributed by atoms with Gasteiger partial charge in [0.1, 0.15) is 0 Å². The molecule has 2 nitrogen and oxygen atoms in total. The molecule has 1 rings (SSSR count). The zero-order valence-corrected chi connectivity index (χ0v) is 11.3. The van der Waals surface area contributed by atoms with Crippen molar-refractivity contribution in [2.75, 3.05) is 0 Å². The van der Waals surface area contributed by atoms with E-state index in [4.69, 9.17) is 5.26 Å². The predicted molar refractivity (Wildman–Crippen MR) is 68.0 cm³/mol. The average Bonchev–Trinajstić information content (AvgIpc) is 2.20. The molecule has 0 saturated heterocycles. The maximum atomic E-state index is 10.1. The van der Waals surface area contributed by atoms with Gasteiger partial charge in [-0.05, 0) is 23.1 Å². The summed E-state index contributed by atoms with van der Waals surface area (Å²) in [7, 11) is 0. The molecule has 0 radical (unpaired) electrons. The zero-order valence-electron chi connectivity index (χ0n) is 9.74. The molecule has 0 fully saturated rings. The molecule has 16 heavy (non-hydrogen) atoms. The van der Waals surface area contributed by atoms with Crippen LogP contribution < -0.4 is 0 Å². The number of halogens is 1. The lowest BCUT2D eigenvalue weighted by Gasteiger charge is -2.29. The van der Waals surface area contributed by atoms with Crippen molar-refractivity contribution in [1.29, 1.82) is 5.26 Å². The van der Waals surface area contributed by atoms with Gasteiger partial charge in [0.25, 0.3) is 0 Å². The number of nitriles is 1. The first-order valence-corrected chi connectivity index (χ1v) is 5.98. The van der Waals surface area contributed by atoms with E-state index in [1.165, 1.54) is 0 Å². The summed E-state index contributed by atoms with van der Waals surface area (Å²) in [6.45, 7) is 5.79. The fraction of sp³-hybridized carbons (Fsp3) is 0.462. The molecule has 0 aliphatic rings. The number of benzene rings is 1. The van der Waals surface area contributed by atoms with Crippen LogP contribution in [0.4, 0.5) is 0 Å². The van der Waals surface area contributed by atoms with Gasteiger partial charge in [0, 0.05) is 4.47 Å². The van der Waals surface area contributed by atoms with Gasteiger partial charge >= 0.3 is 0 Å². The Bertz CT molecular complexity index is 386. The molecule has 0 spiro atoms. The summed E-state index contributed by atoms with van der Waals surface area (Å²) in [6, 6.07) is 9.68. The van der Waals surface area contributed by atoms with Crippen LogP contribution in [0.3, 0.4) is 0 Å². The summed E-state index contributed by atoms with van der Waals surface area (Å²) in [5.41, 5.74) is 0.557. The first kappa shape index (κ1) is 13.2. The third-order valence-corrected chi connectivity index (χ3v) is 3.10. The summed E-state index contributed by atoms with van der Waals surface area (Å²) in [5.74, 6) is -0.479.